The molecule has 0 aliphatic carbocycles. The van der Waals surface area contributed by atoms with Crippen molar-refractivity contribution in [3.63, 3.8) is 0 Å². The van der Waals surface area contributed by atoms with Crippen molar-refractivity contribution in [3.05, 3.63) is 0 Å². The molecule has 0 aromatic carbocycles. The van der Waals surface area contributed by atoms with E-state index in [0.29, 0.717) is 0 Å². The van der Waals surface area contributed by atoms with Gasteiger partial charge in [-0.2, -0.15) is 0 Å². The van der Waals surface area contributed by atoms with E-state index in [4.69, 9.17) is 0 Å². The molecule has 0 atom stereocenters. The molecular weight excluding hydrogens is 325 g/mol. The van der Waals surface area contributed by atoms with Gasteiger partial charge >= 0.3 is 23.9 Å². The molecule has 4 heteroatoms. The second kappa shape index (κ2) is 17.8. The van der Waals surface area contributed by atoms with Crippen LogP contribution in [0.4, 0.5) is 0 Å². The summed E-state index contributed by atoms with van der Waals surface area (Å²) in [5, 5.41) is 0. The maximum atomic E-state index is 0. The molecule has 0 bridgehead atoms. The van der Waals surface area contributed by atoms with Crippen molar-refractivity contribution in [1.82, 2.24) is 0 Å². The Kier molecular flexibility index (Phi) is 139. The molecule has 0 amide bonds. The van der Waals surface area contributed by atoms with Gasteiger partial charge in [0.1, 0.15) is 0 Å². The molecular formula is H2CrMoNiSn. The van der Waals surface area contributed by atoms with Crippen LogP contribution in [0.15, 0.2) is 0 Å². The van der Waals surface area contributed by atoms with E-state index in [9.17, 15) is 0 Å². The molecule has 0 aliphatic heterocycles. The van der Waals surface area contributed by atoms with Crippen LogP contribution in [0.5, 0.6) is 0 Å². The fourth-order valence-corrected chi connectivity index (χ4v) is 0. The molecule has 28 valence electrons. The summed E-state index contributed by atoms with van der Waals surface area (Å²) in [6, 6.07) is 0. The first kappa shape index (κ1) is 31.3. The van der Waals surface area contributed by atoms with Crippen molar-refractivity contribution >= 4 is 23.9 Å². The van der Waals surface area contributed by atoms with E-state index >= 15 is 0 Å². The molecule has 0 aromatic rings. The third-order valence-corrected chi connectivity index (χ3v) is 0. The first-order valence-electron chi connectivity index (χ1n) is 0. The van der Waals surface area contributed by atoms with E-state index in [1.54, 1.807) is 0 Å². The summed E-state index contributed by atoms with van der Waals surface area (Å²) >= 11 is 0. The summed E-state index contributed by atoms with van der Waals surface area (Å²) in [6.45, 7) is 0. The molecule has 0 unspecified atom stereocenters. The van der Waals surface area contributed by atoms with Crippen LogP contribution in [0, 0.1) is 0 Å². The minimum absolute atomic E-state index is 0. The van der Waals surface area contributed by atoms with E-state index in [1.807, 2.05) is 0 Å². The third-order valence-electron chi connectivity index (χ3n) is 0. The zero-order valence-corrected chi connectivity index (χ0v) is 10.1. The fraction of sp³-hybridized carbons (Fsp3) is 0. The quantitative estimate of drug-likeness (QED) is 0.505. The van der Waals surface area contributed by atoms with Crippen molar-refractivity contribution in [1.29, 1.82) is 0 Å². The van der Waals surface area contributed by atoms with Crippen LogP contribution in [-0.4, -0.2) is 23.9 Å². The SMILES string of the molecule is [Cr].[Mo].[Ni].[SnH2]. The topological polar surface area (TPSA) is 0 Å². The second-order valence-electron chi connectivity index (χ2n) is 0. The Morgan fingerprint density at radius 3 is 1.00 bits per heavy atom. The van der Waals surface area contributed by atoms with Gasteiger partial charge in [0.25, 0.3) is 0 Å². The Bertz CT molecular complexity index is 8.00. The molecule has 0 aliphatic rings. The van der Waals surface area contributed by atoms with Gasteiger partial charge in [-0.25, -0.2) is 0 Å². The summed E-state index contributed by atoms with van der Waals surface area (Å²) in [6.07, 6.45) is 0. The Labute approximate surface area is 77.8 Å². The Morgan fingerprint density at radius 1 is 1.00 bits per heavy atom. The minimum atomic E-state index is 0. The van der Waals surface area contributed by atoms with Crippen molar-refractivity contribution in [2.45, 2.75) is 0 Å². The maximum absolute atomic E-state index is 0. The molecule has 0 spiro atoms. The molecule has 0 heterocycles. The first-order valence-corrected chi connectivity index (χ1v) is 0. The van der Waals surface area contributed by atoms with E-state index in [-0.39, 0.29) is 78.8 Å². The number of rotatable bonds is 0. The van der Waals surface area contributed by atoms with Gasteiger partial charge in [-0.05, 0) is 0 Å². The van der Waals surface area contributed by atoms with Crippen molar-refractivity contribution in [2.75, 3.05) is 0 Å². The summed E-state index contributed by atoms with van der Waals surface area (Å²) in [4.78, 5) is 0. The standard InChI is InChI=1S/Cr.Mo.Ni.Sn.2H. The van der Waals surface area contributed by atoms with Gasteiger partial charge in [0, 0.05) is 54.9 Å². The second-order valence-corrected chi connectivity index (χ2v) is 0. The summed E-state index contributed by atoms with van der Waals surface area (Å²) < 4.78 is 0. The van der Waals surface area contributed by atoms with Gasteiger partial charge in [0.2, 0.25) is 0 Å². The monoisotopic (exact) mass is 330 g/mol. The van der Waals surface area contributed by atoms with Gasteiger partial charge < -0.3 is 0 Å². The Hall–Kier alpha value is 2.51. The van der Waals surface area contributed by atoms with E-state index in [0.717, 1.165) is 0 Å². The van der Waals surface area contributed by atoms with Gasteiger partial charge in [0.05, 0.1) is 0 Å². The van der Waals surface area contributed by atoms with Crippen LogP contribution in [0.3, 0.4) is 0 Å². The zero-order chi connectivity index (χ0) is 0. The fourth-order valence-electron chi connectivity index (χ4n) is 0. The van der Waals surface area contributed by atoms with Crippen molar-refractivity contribution < 1.29 is 54.9 Å². The van der Waals surface area contributed by atoms with Gasteiger partial charge in [-0.3, -0.25) is 0 Å². The van der Waals surface area contributed by atoms with E-state index in [2.05, 4.69) is 0 Å². The number of hydrogen-bond acceptors (Lipinski definition) is 0. The van der Waals surface area contributed by atoms with Gasteiger partial charge in [-0.1, -0.05) is 0 Å². The molecule has 0 rings (SSSR count). The Morgan fingerprint density at radius 2 is 1.00 bits per heavy atom. The molecule has 0 fully saturated rings. The van der Waals surface area contributed by atoms with Gasteiger partial charge in [0.15, 0.2) is 0 Å². The molecule has 0 saturated carbocycles. The normalized spacial score (nSPS) is 0. The predicted octanol–water partition coefficient (Wildman–Crippen LogP) is -0.924. The molecule has 0 N–H and O–H groups in total. The van der Waals surface area contributed by atoms with Crippen molar-refractivity contribution in [3.8, 4) is 0 Å². The average molecular weight is 327 g/mol. The number of hydrogen-bond donors (Lipinski definition) is 0. The van der Waals surface area contributed by atoms with Crippen LogP contribution >= 0.6 is 0 Å². The third kappa shape index (κ3) is 8.82. The molecule has 2 radical (unpaired) electrons. The molecule has 0 saturated heterocycles. The average Bonchev–Trinajstić information content (AvgIpc) is 0. The van der Waals surface area contributed by atoms with Crippen LogP contribution in [0.25, 0.3) is 0 Å². The first-order chi connectivity index (χ1) is 0. The Balaban J connectivity index is 0. The van der Waals surface area contributed by atoms with E-state index in [1.165, 1.54) is 0 Å². The molecule has 0 aromatic heterocycles. The van der Waals surface area contributed by atoms with E-state index < -0.39 is 0 Å². The van der Waals surface area contributed by atoms with Crippen LogP contribution in [-0.2, 0) is 54.9 Å². The zero-order valence-electron chi connectivity index (χ0n) is 1.84. The molecule has 0 nitrogen and oxygen atoms in total. The van der Waals surface area contributed by atoms with Crippen molar-refractivity contribution in [2.24, 2.45) is 0 Å². The van der Waals surface area contributed by atoms with Crippen LogP contribution < -0.4 is 0 Å². The summed E-state index contributed by atoms with van der Waals surface area (Å²) in [5.41, 5.74) is 0. The predicted molar refractivity (Wildman–Crippen MR) is 8.54 cm³/mol. The molecule has 4 heavy (non-hydrogen) atoms. The van der Waals surface area contributed by atoms with Gasteiger partial charge in [-0.15, -0.1) is 0 Å². The van der Waals surface area contributed by atoms with Crippen LogP contribution in [0.1, 0.15) is 0 Å². The van der Waals surface area contributed by atoms with Crippen LogP contribution in [0.2, 0.25) is 0 Å². The summed E-state index contributed by atoms with van der Waals surface area (Å²) in [5.74, 6) is 0. The summed E-state index contributed by atoms with van der Waals surface area (Å²) in [7, 11) is 0.